The number of benzene rings is 1. The molecule has 4 N–H and O–H groups in total. The smallest absolute Gasteiger partial charge is 0.237 e. The van der Waals surface area contributed by atoms with Gasteiger partial charge in [0.1, 0.15) is 13.2 Å². The molecule has 116 valence electrons. The van der Waals surface area contributed by atoms with Crippen LogP contribution in [0.5, 0.6) is 11.5 Å². The van der Waals surface area contributed by atoms with Gasteiger partial charge in [0, 0.05) is 11.8 Å². The number of ether oxygens (including phenoxy) is 2. The molecule has 1 aromatic heterocycles. The molecule has 0 saturated heterocycles. The van der Waals surface area contributed by atoms with E-state index in [9.17, 15) is 4.79 Å². The zero-order valence-corrected chi connectivity index (χ0v) is 12.6. The van der Waals surface area contributed by atoms with Crippen LogP contribution in [-0.2, 0) is 4.79 Å². The zero-order chi connectivity index (χ0) is 15.5. The van der Waals surface area contributed by atoms with E-state index in [1.807, 2.05) is 0 Å². The van der Waals surface area contributed by atoms with Crippen LogP contribution in [0.3, 0.4) is 0 Å². The van der Waals surface area contributed by atoms with Crippen LogP contribution in [0.1, 0.15) is 6.92 Å². The SMILES string of the molecule is C[C@@H](Sc1n[nH]c(N)n1)C(=O)Nc1ccc2c(c1)OCCO2. The van der Waals surface area contributed by atoms with Crippen molar-refractivity contribution in [1.29, 1.82) is 0 Å². The summed E-state index contributed by atoms with van der Waals surface area (Å²) in [6.45, 7) is 2.81. The van der Waals surface area contributed by atoms with E-state index in [1.165, 1.54) is 11.8 Å². The van der Waals surface area contributed by atoms with Gasteiger partial charge in [-0.25, -0.2) is 5.10 Å². The molecule has 2 aromatic rings. The van der Waals surface area contributed by atoms with Crippen LogP contribution in [-0.4, -0.2) is 39.6 Å². The van der Waals surface area contributed by atoms with Crippen molar-refractivity contribution in [2.45, 2.75) is 17.3 Å². The Bertz CT molecular complexity index is 690. The Labute approximate surface area is 130 Å². The summed E-state index contributed by atoms with van der Waals surface area (Å²) in [4.78, 5) is 16.1. The highest BCUT2D eigenvalue weighted by Crippen LogP contribution is 2.33. The lowest BCUT2D eigenvalue weighted by Crippen LogP contribution is -2.23. The maximum Gasteiger partial charge on any atom is 0.237 e. The molecule has 1 atom stereocenters. The molecule has 0 spiro atoms. The second-order valence-electron chi connectivity index (χ2n) is 4.61. The Morgan fingerprint density at radius 1 is 1.41 bits per heavy atom. The number of nitrogen functional groups attached to an aromatic ring is 1. The maximum atomic E-state index is 12.2. The number of nitrogens with two attached hydrogens (primary N) is 1. The van der Waals surface area contributed by atoms with Crippen LogP contribution in [0, 0.1) is 0 Å². The van der Waals surface area contributed by atoms with E-state index in [2.05, 4.69) is 20.5 Å². The molecule has 1 aliphatic heterocycles. The summed E-state index contributed by atoms with van der Waals surface area (Å²) in [6, 6.07) is 5.29. The molecular weight excluding hydrogens is 306 g/mol. The molecule has 2 heterocycles. The third-order valence-corrected chi connectivity index (χ3v) is 3.90. The van der Waals surface area contributed by atoms with Crippen molar-refractivity contribution in [3.63, 3.8) is 0 Å². The normalized spacial score (nSPS) is 14.4. The van der Waals surface area contributed by atoms with Gasteiger partial charge >= 0.3 is 0 Å². The number of fused-ring (bicyclic) bond motifs is 1. The van der Waals surface area contributed by atoms with Crippen molar-refractivity contribution in [2.75, 3.05) is 24.3 Å². The Kier molecular flexibility index (Phi) is 4.05. The molecule has 0 bridgehead atoms. The number of aromatic amines is 1. The maximum absolute atomic E-state index is 12.2. The number of H-pyrrole nitrogens is 1. The third kappa shape index (κ3) is 3.25. The van der Waals surface area contributed by atoms with Crippen molar-refractivity contribution in [3.05, 3.63) is 18.2 Å². The van der Waals surface area contributed by atoms with Gasteiger partial charge in [-0.05, 0) is 19.1 Å². The van der Waals surface area contributed by atoms with E-state index in [-0.39, 0.29) is 17.1 Å². The van der Waals surface area contributed by atoms with Gasteiger partial charge in [-0.3, -0.25) is 4.79 Å². The fraction of sp³-hybridized carbons (Fsp3) is 0.308. The van der Waals surface area contributed by atoms with Gasteiger partial charge in [0.2, 0.25) is 17.0 Å². The van der Waals surface area contributed by atoms with E-state index in [1.54, 1.807) is 25.1 Å². The zero-order valence-electron chi connectivity index (χ0n) is 11.8. The molecule has 0 aliphatic carbocycles. The molecule has 0 saturated carbocycles. The van der Waals surface area contributed by atoms with E-state index >= 15 is 0 Å². The first-order valence-corrected chi connectivity index (χ1v) is 7.55. The van der Waals surface area contributed by atoms with E-state index in [0.717, 1.165) is 0 Å². The molecule has 0 unspecified atom stereocenters. The minimum Gasteiger partial charge on any atom is -0.486 e. The highest BCUT2D eigenvalue weighted by Gasteiger charge is 2.18. The largest absolute Gasteiger partial charge is 0.486 e. The molecule has 9 heteroatoms. The summed E-state index contributed by atoms with van der Waals surface area (Å²) in [5.74, 6) is 1.38. The molecule has 1 aromatic carbocycles. The number of amides is 1. The number of hydrogen-bond acceptors (Lipinski definition) is 7. The van der Waals surface area contributed by atoms with Crippen LogP contribution in [0.15, 0.2) is 23.4 Å². The van der Waals surface area contributed by atoms with E-state index in [0.29, 0.717) is 35.6 Å². The second-order valence-corrected chi connectivity index (χ2v) is 5.92. The molecular formula is C13H15N5O3S. The molecule has 1 amide bonds. The average molecular weight is 321 g/mol. The van der Waals surface area contributed by atoms with Crippen molar-refractivity contribution in [2.24, 2.45) is 0 Å². The monoisotopic (exact) mass is 321 g/mol. The number of anilines is 2. The van der Waals surface area contributed by atoms with Gasteiger partial charge < -0.3 is 20.5 Å². The van der Waals surface area contributed by atoms with Crippen LogP contribution >= 0.6 is 11.8 Å². The molecule has 8 nitrogen and oxygen atoms in total. The van der Waals surface area contributed by atoms with Crippen LogP contribution in [0.25, 0.3) is 0 Å². The summed E-state index contributed by atoms with van der Waals surface area (Å²) in [5, 5.41) is 9.31. The molecule has 22 heavy (non-hydrogen) atoms. The fourth-order valence-electron chi connectivity index (χ4n) is 1.89. The summed E-state index contributed by atoms with van der Waals surface area (Å²) in [7, 11) is 0. The molecule has 3 rings (SSSR count). The minimum atomic E-state index is -0.372. The topological polar surface area (TPSA) is 115 Å². The molecule has 1 aliphatic rings. The average Bonchev–Trinajstić information content (AvgIpc) is 2.92. The lowest BCUT2D eigenvalue weighted by atomic mass is 10.2. The van der Waals surface area contributed by atoms with Crippen molar-refractivity contribution < 1.29 is 14.3 Å². The standard InChI is InChI=1S/C13H15N5O3S/c1-7(22-13-16-12(14)17-18-13)11(19)15-8-2-3-9-10(6-8)21-5-4-20-9/h2-3,6-7H,4-5H2,1H3,(H,15,19)(H3,14,16,17,18)/t7-/m1/s1. The first-order valence-electron chi connectivity index (χ1n) is 6.67. The number of nitrogens with one attached hydrogen (secondary N) is 2. The Morgan fingerprint density at radius 3 is 2.91 bits per heavy atom. The summed E-state index contributed by atoms with van der Waals surface area (Å²) in [6.07, 6.45) is 0. The second kappa shape index (κ2) is 6.14. The van der Waals surface area contributed by atoms with Gasteiger partial charge in [0.25, 0.3) is 0 Å². The van der Waals surface area contributed by atoms with Crippen molar-refractivity contribution in [3.8, 4) is 11.5 Å². The van der Waals surface area contributed by atoms with Crippen molar-refractivity contribution >= 4 is 29.3 Å². The highest BCUT2D eigenvalue weighted by atomic mass is 32.2. The van der Waals surface area contributed by atoms with Gasteiger partial charge in [0.05, 0.1) is 5.25 Å². The number of thioether (sulfide) groups is 1. The van der Waals surface area contributed by atoms with Gasteiger partial charge in [-0.1, -0.05) is 11.8 Å². The molecule has 0 fully saturated rings. The summed E-state index contributed by atoms with van der Waals surface area (Å²) in [5.41, 5.74) is 6.10. The van der Waals surface area contributed by atoms with Gasteiger partial charge in [-0.15, -0.1) is 5.10 Å². The quantitative estimate of drug-likeness (QED) is 0.726. The minimum absolute atomic E-state index is 0.162. The summed E-state index contributed by atoms with van der Waals surface area (Å²) >= 11 is 1.22. The van der Waals surface area contributed by atoms with E-state index < -0.39 is 0 Å². The van der Waals surface area contributed by atoms with Gasteiger partial charge in [-0.2, -0.15) is 4.98 Å². The van der Waals surface area contributed by atoms with Crippen LogP contribution < -0.4 is 20.5 Å². The predicted molar refractivity (Wildman–Crippen MR) is 82.2 cm³/mol. The first kappa shape index (κ1) is 14.5. The summed E-state index contributed by atoms with van der Waals surface area (Å²) < 4.78 is 10.9. The third-order valence-electron chi connectivity index (χ3n) is 2.94. The molecule has 0 radical (unpaired) electrons. The number of aromatic nitrogens is 3. The Balaban J connectivity index is 1.63. The fourth-order valence-corrected chi connectivity index (χ4v) is 2.62. The predicted octanol–water partition coefficient (Wildman–Crippen LogP) is 1.28. The van der Waals surface area contributed by atoms with Crippen LogP contribution in [0.2, 0.25) is 0 Å². The Hall–Kier alpha value is -2.42. The first-order chi connectivity index (χ1) is 10.6. The van der Waals surface area contributed by atoms with Crippen LogP contribution in [0.4, 0.5) is 11.6 Å². The number of nitrogens with zero attached hydrogens (tertiary/aromatic N) is 2. The number of carbonyl (C=O) groups excluding carboxylic acids is 1. The lowest BCUT2D eigenvalue weighted by Gasteiger charge is -2.19. The number of carbonyl (C=O) groups is 1. The lowest BCUT2D eigenvalue weighted by molar-refractivity contribution is -0.115. The highest BCUT2D eigenvalue weighted by molar-refractivity contribution is 8.00. The number of hydrogen-bond donors (Lipinski definition) is 3. The number of rotatable bonds is 4. The van der Waals surface area contributed by atoms with Gasteiger partial charge in [0.15, 0.2) is 11.5 Å². The van der Waals surface area contributed by atoms with E-state index in [4.69, 9.17) is 15.2 Å². The van der Waals surface area contributed by atoms with Crippen molar-refractivity contribution in [1.82, 2.24) is 15.2 Å². The Morgan fingerprint density at radius 2 is 2.18 bits per heavy atom.